The molecule has 1 aromatic rings. The normalized spacial score (nSPS) is 11.4. The lowest BCUT2D eigenvalue weighted by atomic mass is 10.0. The maximum Gasteiger partial charge on any atom is 0.323 e. The molecular formula is C13H19ClO2. The summed E-state index contributed by atoms with van der Waals surface area (Å²) in [6, 6.07) is 10.5. The summed E-state index contributed by atoms with van der Waals surface area (Å²) in [5.74, 6) is 0.271. The van der Waals surface area contributed by atoms with Gasteiger partial charge in [0.15, 0.2) is 0 Å². The lowest BCUT2D eigenvalue weighted by Crippen LogP contribution is -2.10. The van der Waals surface area contributed by atoms with Gasteiger partial charge in [-0.3, -0.25) is 4.79 Å². The van der Waals surface area contributed by atoms with Gasteiger partial charge in [0.2, 0.25) is 0 Å². The van der Waals surface area contributed by atoms with E-state index in [1.807, 2.05) is 6.07 Å². The van der Waals surface area contributed by atoms with Gasteiger partial charge in [-0.25, -0.2) is 0 Å². The summed E-state index contributed by atoms with van der Waals surface area (Å²) in [6.07, 6.45) is 0. The molecule has 0 N–H and O–H groups in total. The van der Waals surface area contributed by atoms with Crippen LogP contribution >= 0.6 is 11.6 Å². The first-order valence-corrected chi connectivity index (χ1v) is 5.69. The number of ether oxygens (including phenoxy) is 1. The fourth-order valence-corrected chi connectivity index (χ4v) is 1.09. The number of carbonyl (C=O) groups excluding carboxylic acids is 1. The number of hydrogen-bond acceptors (Lipinski definition) is 2. The van der Waals surface area contributed by atoms with Crippen molar-refractivity contribution in [2.75, 3.05) is 7.11 Å². The largest absolute Gasteiger partial charge is 0.468 e. The molecule has 0 amide bonds. The quantitative estimate of drug-likeness (QED) is 0.585. The number of halogens is 1. The highest BCUT2D eigenvalue weighted by atomic mass is 35.5. The first kappa shape index (κ1) is 15.0. The minimum atomic E-state index is -0.523. The highest BCUT2D eigenvalue weighted by molar-refractivity contribution is 6.29. The van der Waals surface area contributed by atoms with E-state index in [9.17, 15) is 4.79 Å². The van der Waals surface area contributed by atoms with Gasteiger partial charge in [-0.1, -0.05) is 44.2 Å². The number of carbonyl (C=O) groups is 1. The van der Waals surface area contributed by atoms with Crippen molar-refractivity contribution in [2.45, 2.75) is 32.1 Å². The number of esters is 1. The Balaban J connectivity index is 0.000000293. The lowest BCUT2D eigenvalue weighted by molar-refractivity contribution is -0.139. The summed E-state index contributed by atoms with van der Waals surface area (Å²) in [4.78, 5) is 10.2. The van der Waals surface area contributed by atoms with Gasteiger partial charge >= 0.3 is 5.97 Å². The Hall–Kier alpha value is -1.02. The van der Waals surface area contributed by atoms with Crippen molar-refractivity contribution in [3.8, 4) is 0 Å². The molecule has 0 aliphatic rings. The average molecular weight is 243 g/mol. The summed E-state index contributed by atoms with van der Waals surface area (Å²) < 4.78 is 4.24. The predicted molar refractivity (Wildman–Crippen MR) is 67.9 cm³/mol. The van der Waals surface area contributed by atoms with E-state index in [0.717, 1.165) is 0 Å². The van der Waals surface area contributed by atoms with E-state index in [1.54, 1.807) is 6.92 Å². The molecule has 0 heterocycles. The van der Waals surface area contributed by atoms with Crippen molar-refractivity contribution in [1.29, 1.82) is 0 Å². The van der Waals surface area contributed by atoms with Crippen LogP contribution in [0.25, 0.3) is 0 Å². The molecule has 0 aliphatic carbocycles. The van der Waals surface area contributed by atoms with Crippen LogP contribution in [0.2, 0.25) is 0 Å². The van der Waals surface area contributed by atoms with Crippen molar-refractivity contribution >= 4 is 17.6 Å². The van der Waals surface area contributed by atoms with E-state index in [1.165, 1.54) is 12.7 Å². The Morgan fingerprint density at radius 1 is 1.19 bits per heavy atom. The Morgan fingerprint density at radius 2 is 1.69 bits per heavy atom. The number of alkyl halides is 1. The molecule has 0 aliphatic heterocycles. The van der Waals surface area contributed by atoms with Crippen molar-refractivity contribution in [3.05, 3.63) is 35.9 Å². The number of hydrogen-bond donors (Lipinski definition) is 0. The summed E-state index contributed by atoms with van der Waals surface area (Å²) in [6.45, 7) is 5.97. The van der Waals surface area contributed by atoms with Gasteiger partial charge in [-0.15, -0.1) is 11.6 Å². The molecule has 16 heavy (non-hydrogen) atoms. The Labute approximate surface area is 103 Å². The van der Waals surface area contributed by atoms with E-state index < -0.39 is 5.38 Å². The predicted octanol–water partition coefficient (Wildman–Crippen LogP) is 3.60. The van der Waals surface area contributed by atoms with Crippen LogP contribution < -0.4 is 0 Å². The maximum atomic E-state index is 10.2. The highest BCUT2D eigenvalue weighted by Gasteiger charge is 2.06. The van der Waals surface area contributed by atoms with Gasteiger partial charge < -0.3 is 4.74 Å². The molecule has 0 radical (unpaired) electrons. The van der Waals surface area contributed by atoms with Crippen LogP contribution in [0, 0.1) is 0 Å². The van der Waals surface area contributed by atoms with Crippen LogP contribution in [-0.2, 0) is 9.53 Å². The van der Waals surface area contributed by atoms with Gasteiger partial charge in [0, 0.05) is 0 Å². The first-order chi connectivity index (χ1) is 7.49. The Kier molecular flexibility index (Phi) is 7.65. The van der Waals surface area contributed by atoms with E-state index in [-0.39, 0.29) is 5.97 Å². The van der Waals surface area contributed by atoms with Gasteiger partial charge in [0.05, 0.1) is 7.11 Å². The summed E-state index contributed by atoms with van der Waals surface area (Å²) >= 11 is 5.25. The van der Waals surface area contributed by atoms with Crippen molar-refractivity contribution in [1.82, 2.24) is 0 Å². The molecule has 0 bridgehead atoms. The third-order valence-electron chi connectivity index (χ3n) is 1.99. The van der Waals surface area contributed by atoms with Gasteiger partial charge in [-0.2, -0.15) is 0 Å². The maximum absolute atomic E-state index is 10.2. The molecule has 90 valence electrons. The minimum Gasteiger partial charge on any atom is -0.468 e. The molecule has 1 unspecified atom stereocenters. The van der Waals surface area contributed by atoms with Crippen LogP contribution in [0.3, 0.4) is 0 Å². The highest BCUT2D eigenvalue weighted by Crippen LogP contribution is 2.11. The van der Waals surface area contributed by atoms with Crippen molar-refractivity contribution < 1.29 is 9.53 Å². The first-order valence-electron chi connectivity index (χ1n) is 5.25. The number of rotatable bonds is 2. The van der Waals surface area contributed by atoms with E-state index in [0.29, 0.717) is 5.92 Å². The van der Waals surface area contributed by atoms with Crippen LogP contribution in [0.1, 0.15) is 32.3 Å². The topological polar surface area (TPSA) is 26.3 Å². The van der Waals surface area contributed by atoms with E-state index in [4.69, 9.17) is 11.6 Å². The third kappa shape index (κ3) is 6.46. The molecule has 1 atom stereocenters. The number of benzene rings is 1. The molecule has 3 heteroatoms. The average Bonchev–Trinajstić information content (AvgIpc) is 2.29. The molecule has 1 rings (SSSR count). The van der Waals surface area contributed by atoms with Gasteiger partial charge in [0.1, 0.15) is 5.38 Å². The third-order valence-corrected chi connectivity index (χ3v) is 2.17. The SMILES string of the molecule is CC(C)c1ccccc1.COC(=O)C(C)Cl. The summed E-state index contributed by atoms with van der Waals surface area (Å²) in [5, 5.41) is -0.523. The molecule has 2 nitrogen and oxygen atoms in total. The van der Waals surface area contributed by atoms with Crippen LogP contribution in [-0.4, -0.2) is 18.5 Å². The second-order valence-electron chi connectivity index (χ2n) is 3.70. The van der Waals surface area contributed by atoms with Crippen LogP contribution in [0.5, 0.6) is 0 Å². The van der Waals surface area contributed by atoms with Crippen molar-refractivity contribution in [3.63, 3.8) is 0 Å². The lowest BCUT2D eigenvalue weighted by Gasteiger charge is -2.01. The standard InChI is InChI=1S/C9H12.C4H7ClO2/c1-8(2)9-6-4-3-5-7-9;1-3(5)4(6)7-2/h3-8H,1-2H3;3H,1-2H3. The second-order valence-corrected chi connectivity index (χ2v) is 4.36. The Morgan fingerprint density at radius 3 is 1.88 bits per heavy atom. The molecule has 1 aromatic carbocycles. The summed E-state index contributed by atoms with van der Waals surface area (Å²) in [7, 11) is 1.31. The zero-order valence-corrected chi connectivity index (χ0v) is 11.0. The molecule has 0 aromatic heterocycles. The van der Waals surface area contributed by atoms with Crippen LogP contribution in [0.4, 0.5) is 0 Å². The van der Waals surface area contributed by atoms with E-state index >= 15 is 0 Å². The minimum absolute atomic E-state index is 0.387. The molecule has 0 spiro atoms. The fraction of sp³-hybridized carbons (Fsp3) is 0.462. The second kappa shape index (κ2) is 8.17. The van der Waals surface area contributed by atoms with Gasteiger partial charge in [0.25, 0.3) is 0 Å². The zero-order valence-electron chi connectivity index (χ0n) is 10.2. The monoisotopic (exact) mass is 242 g/mol. The van der Waals surface area contributed by atoms with Crippen LogP contribution in [0.15, 0.2) is 30.3 Å². The zero-order chi connectivity index (χ0) is 12.6. The molecule has 0 saturated heterocycles. The molecular weight excluding hydrogens is 224 g/mol. The van der Waals surface area contributed by atoms with Crippen molar-refractivity contribution in [2.24, 2.45) is 0 Å². The fourth-order valence-electron chi connectivity index (χ4n) is 1.00. The molecule has 0 saturated carbocycles. The smallest absolute Gasteiger partial charge is 0.323 e. The Bertz CT molecular complexity index is 294. The molecule has 0 fully saturated rings. The number of methoxy groups -OCH3 is 1. The van der Waals surface area contributed by atoms with Gasteiger partial charge in [-0.05, 0) is 18.4 Å². The summed E-state index contributed by atoms with van der Waals surface area (Å²) in [5.41, 5.74) is 1.41. The van der Waals surface area contributed by atoms with E-state index in [2.05, 4.69) is 42.8 Å².